The number of rotatable bonds is 7. The second-order valence-corrected chi connectivity index (χ2v) is 9.33. The van der Waals surface area contributed by atoms with Crippen LogP contribution in [0.1, 0.15) is 31.9 Å². The molecule has 0 spiro atoms. The smallest absolute Gasteiger partial charge is 0.346 e. The quantitative estimate of drug-likeness (QED) is 0.499. The van der Waals surface area contributed by atoms with Gasteiger partial charge < -0.3 is 5.32 Å². The summed E-state index contributed by atoms with van der Waals surface area (Å²) in [5.41, 5.74) is 3.09. The van der Waals surface area contributed by atoms with E-state index in [2.05, 4.69) is 31.0 Å². The van der Waals surface area contributed by atoms with Gasteiger partial charge in [0.2, 0.25) is 5.91 Å². The van der Waals surface area contributed by atoms with Crippen LogP contribution in [0.4, 0.5) is 13.2 Å². The lowest BCUT2D eigenvalue weighted by Crippen LogP contribution is -2.34. The van der Waals surface area contributed by atoms with Gasteiger partial charge in [0.25, 0.3) is 0 Å². The number of carbonyl (C=O) groups is 1. The Bertz CT molecular complexity index is 1040. The highest BCUT2D eigenvalue weighted by Gasteiger charge is 2.27. The zero-order valence-electron chi connectivity index (χ0n) is 18.1. The molecule has 3 aromatic rings. The molecule has 0 unspecified atom stereocenters. The summed E-state index contributed by atoms with van der Waals surface area (Å²) in [7, 11) is 0. The number of nitrogens with zero attached hydrogens (tertiary/aromatic N) is 3. The second-order valence-electron chi connectivity index (χ2n) is 8.39. The van der Waals surface area contributed by atoms with E-state index in [4.69, 9.17) is 0 Å². The number of carbonyl (C=O) groups excluding carboxylic acids is 1. The standard InChI is InChI=1S/C23H25F3N4OS/c1-22(2,3)18-11-9-17(10-12-18)20-28-29-21(30(20)13-16-7-5-4-6-8-16)32-14-19(31)27-15-23(24,25)26/h4-12H,13-15H2,1-3H3,(H,27,31). The Morgan fingerprint density at radius 1 is 1.00 bits per heavy atom. The van der Waals surface area contributed by atoms with Crippen LogP contribution < -0.4 is 5.32 Å². The van der Waals surface area contributed by atoms with Crippen LogP contribution in [0.2, 0.25) is 0 Å². The molecule has 0 saturated heterocycles. The predicted octanol–water partition coefficient (Wildman–Crippen LogP) is 5.06. The molecule has 0 fully saturated rings. The average Bonchev–Trinajstić information content (AvgIpc) is 3.13. The maximum atomic E-state index is 12.3. The summed E-state index contributed by atoms with van der Waals surface area (Å²) in [4.78, 5) is 11.9. The molecule has 0 radical (unpaired) electrons. The molecule has 1 aromatic heterocycles. The van der Waals surface area contributed by atoms with Gasteiger partial charge >= 0.3 is 6.18 Å². The first-order valence-electron chi connectivity index (χ1n) is 10.1. The summed E-state index contributed by atoms with van der Waals surface area (Å²) in [6.45, 7) is 5.53. The lowest BCUT2D eigenvalue weighted by molar-refractivity contribution is -0.136. The van der Waals surface area contributed by atoms with E-state index in [1.165, 1.54) is 5.56 Å². The van der Waals surface area contributed by atoms with Crippen LogP contribution in [0.25, 0.3) is 11.4 Å². The van der Waals surface area contributed by atoms with E-state index in [1.54, 1.807) is 0 Å². The number of benzene rings is 2. The molecular formula is C23H25F3N4OS. The molecule has 3 rings (SSSR count). The summed E-state index contributed by atoms with van der Waals surface area (Å²) in [6.07, 6.45) is -4.44. The van der Waals surface area contributed by atoms with Crippen LogP contribution in [0.5, 0.6) is 0 Å². The maximum Gasteiger partial charge on any atom is 0.405 e. The third kappa shape index (κ3) is 6.59. The second kappa shape index (κ2) is 9.77. The number of amides is 1. The maximum absolute atomic E-state index is 12.3. The molecule has 170 valence electrons. The number of nitrogens with one attached hydrogen (secondary N) is 1. The van der Waals surface area contributed by atoms with Gasteiger partial charge in [0, 0.05) is 5.56 Å². The number of alkyl halides is 3. The Morgan fingerprint density at radius 2 is 1.66 bits per heavy atom. The van der Waals surface area contributed by atoms with Gasteiger partial charge in [-0.15, -0.1) is 10.2 Å². The molecule has 9 heteroatoms. The fourth-order valence-electron chi connectivity index (χ4n) is 3.02. The zero-order chi connectivity index (χ0) is 23.4. The Labute approximate surface area is 189 Å². The van der Waals surface area contributed by atoms with Gasteiger partial charge in [-0.1, -0.05) is 87.1 Å². The van der Waals surface area contributed by atoms with Gasteiger partial charge in [-0.05, 0) is 16.5 Å². The molecule has 0 aliphatic rings. The van der Waals surface area contributed by atoms with Crippen LogP contribution >= 0.6 is 11.8 Å². The molecule has 0 atom stereocenters. The summed E-state index contributed by atoms with van der Waals surface area (Å²) >= 11 is 1.06. The minimum absolute atomic E-state index is 0.0149. The van der Waals surface area contributed by atoms with Crippen molar-refractivity contribution in [1.82, 2.24) is 20.1 Å². The van der Waals surface area contributed by atoms with Gasteiger partial charge in [0.05, 0.1) is 12.3 Å². The number of halogens is 3. The van der Waals surface area contributed by atoms with Crippen molar-refractivity contribution in [2.45, 2.75) is 44.1 Å². The Balaban J connectivity index is 1.84. The zero-order valence-corrected chi connectivity index (χ0v) is 18.9. The third-order valence-corrected chi connectivity index (χ3v) is 5.69. The van der Waals surface area contributed by atoms with E-state index in [9.17, 15) is 18.0 Å². The molecule has 0 saturated carbocycles. The molecule has 0 aliphatic carbocycles. The van der Waals surface area contributed by atoms with Crippen LogP contribution in [-0.4, -0.2) is 39.1 Å². The summed E-state index contributed by atoms with van der Waals surface area (Å²) in [5, 5.41) is 10.9. The molecule has 2 aromatic carbocycles. The lowest BCUT2D eigenvalue weighted by Gasteiger charge is -2.19. The topological polar surface area (TPSA) is 59.8 Å². The molecular weight excluding hydrogens is 437 g/mol. The van der Waals surface area contributed by atoms with Crippen molar-refractivity contribution in [3.05, 3.63) is 65.7 Å². The Kier molecular flexibility index (Phi) is 7.28. The van der Waals surface area contributed by atoms with Gasteiger partial charge in [0.15, 0.2) is 11.0 Å². The minimum Gasteiger partial charge on any atom is -0.346 e. The minimum atomic E-state index is -4.44. The lowest BCUT2D eigenvalue weighted by atomic mass is 9.87. The largest absolute Gasteiger partial charge is 0.405 e. The van der Waals surface area contributed by atoms with E-state index in [-0.39, 0.29) is 11.2 Å². The van der Waals surface area contributed by atoms with Crippen molar-refractivity contribution >= 4 is 17.7 Å². The summed E-state index contributed by atoms with van der Waals surface area (Å²) < 4.78 is 38.9. The number of hydrogen-bond donors (Lipinski definition) is 1. The first-order chi connectivity index (χ1) is 15.0. The van der Waals surface area contributed by atoms with Crippen LogP contribution in [0.15, 0.2) is 59.8 Å². The molecule has 32 heavy (non-hydrogen) atoms. The van der Waals surface area contributed by atoms with Crippen molar-refractivity contribution in [2.24, 2.45) is 0 Å². The van der Waals surface area contributed by atoms with Crippen molar-refractivity contribution in [1.29, 1.82) is 0 Å². The average molecular weight is 463 g/mol. The van der Waals surface area contributed by atoms with Crippen molar-refractivity contribution in [3.8, 4) is 11.4 Å². The van der Waals surface area contributed by atoms with Crippen LogP contribution in [-0.2, 0) is 16.8 Å². The van der Waals surface area contributed by atoms with Gasteiger partial charge in [-0.25, -0.2) is 0 Å². The van der Waals surface area contributed by atoms with E-state index >= 15 is 0 Å². The molecule has 1 heterocycles. The Hall–Kier alpha value is -2.81. The van der Waals surface area contributed by atoms with Gasteiger partial charge in [-0.2, -0.15) is 13.2 Å². The van der Waals surface area contributed by atoms with Crippen molar-refractivity contribution in [2.75, 3.05) is 12.3 Å². The highest BCUT2D eigenvalue weighted by molar-refractivity contribution is 7.99. The van der Waals surface area contributed by atoms with E-state index in [0.717, 1.165) is 22.9 Å². The summed E-state index contributed by atoms with van der Waals surface area (Å²) in [5.74, 6) is -0.267. The fourth-order valence-corrected chi connectivity index (χ4v) is 3.78. The van der Waals surface area contributed by atoms with Crippen molar-refractivity contribution < 1.29 is 18.0 Å². The Morgan fingerprint density at radius 3 is 2.25 bits per heavy atom. The highest BCUT2D eigenvalue weighted by atomic mass is 32.2. The van der Waals surface area contributed by atoms with E-state index in [1.807, 2.05) is 64.5 Å². The number of thioether (sulfide) groups is 1. The third-order valence-electron chi connectivity index (χ3n) is 4.73. The SMILES string of the molecule is CC(C)(C)c1ccc(-c2nnc(SCC(=O)NCC(F)(F)F)n2Cc2ccccc2)cc1. The molecule has 1 N–H and O–H groups in total. The van der Waals surface area contributed by atoms with E-state index in [0.29, 0.717) is 17.5 Å². The van der Waals surface area contributed by atoms with Crippen LogP contribution in [0.3, 0.4) is 0 Å². The molecule has 5 nitrogen and oxygen atoms in total. The van der Waals surface area contributed by atoms with Gasteiger partial charge in [0.1, 0.15) is 6.54 Å². The highest BCUT2D eigenvalue weighted by Crippen LogP contribution is 2.28. The fraction of sp³-hybridized carbons (Fsp3) is 0.348. The first kappa shape index (κ1) is 23.8. The molecule has 1 amide bonds. The summed E-state index contributed by atoms with van der Waals surface area (Å²) in [6, 6.07) is 17.8. The molecule has 0 bridgehead atoms. The first-order valence-corrected chi connectivity index (χ1v) is 11.1. The normalized spacial score (nSPS) is 12.1. The molecule has 0 aliphatic heterocycles. The van der Waals surface area contributed by atoms with Crippen LogP contribution in [0, 0.1) is 0 Å². The monoisotopic (exact) mass is 462 g/mol. The van der Waals surface area contributed by atoms with E-state index < -0.39 is 18.6 Å². The number of hydrogen-bond acceptors (Lipinski definition) is 4. The van der Waals surface area contributed by atoms with Gasteiger partial charge in [-0.3, -0.25) is 9.36 Å². The number of aromatic nitrogens is 3. The predicted molar refractivity (Wildman–Crippen MR) is 119 cm³/mol. The van der Waals surface area contributed by atoms with Crippen molar-refractivity contribution in [3.63, 3.8) is 0 Å².